The predicted octanol–water partition coefficient (Wildman–Crippen LogP) is 2.38. The number of nitrogen functional groups attached to an aromatic ring is 1. The van der Waals surface area contributed by atoms with Crippen molar-refractivity contribution >= 4 is 48.0 Å². The highest BCUT2D eigenvalue weighted by Crippen LogP contribution is 2.25. The van der Waals surface area contributed by atoms with E-state index in [9.17, 15) is 9.59 Å². The van der Waals surface area contributed by atoms with Gasteiger partial charge in [-0.15, -0.1) is 24.8 Å². The first-order valence-corrected chi connectivity index (χ1v) is 8.75. The van der Waals surface area contributed by atoms with Gasteiger partial charge in [0.1, 0.15) is 0 Å². The molecule has 3 rings (SSSR count). The van der Waals surface area contributed by atoms with Crippen LogP contribution in [0.4, 0.5) is 11.4 Å². The number of amides is 2. The molecule has 1 aromatic carbocycles. The van der Waals surface area contributed by atoms with Crippen LogP contribution in [-0.2, 0) is 9.59 Å². The van der Waals surface area contributed by atoms with E-state index in [1.54, 1.807) is 12.1 Å². The molecule has 2 heterocycles. The first kappa shape index (κ1) is 22.5. The van der Waals surface area contributed by atoms with E-state index in [-0.39, 0.29) is 49.0 Å². The fourth-order valence-corrected chi connectivity index (χ4v) is 3.74. The largest absolute Gasteiger partial charge is 0.397 e. The molecule has 0 aromatic heterocycles. The Morgan fingerprint density at radius 3 is 2.73 bits per heavy atom. The number of nitrogens with two attached hydrogens (primary N) is 1. The molecule has 8 heteroatoms. The average molecular weight is 403 g/mol. The van der Waals surface area contributed by atoms with Crippen LogP contribution in [0.5, 0.6) is 0 Å². The van der Waals surface area contributed by atoms with Crippen LogP contribution in [-0.4, -0.2) is 53.8 Å². The molecular weight excluding hydrogens is 375 g/mol. The van der Waals surface area contributed by atoms with Gasteiger partial charge in [0.05, 0.1) is 17.3 Å². The van der Waals surface area contributed by atoms with Crippen LogP contribution in [0.2, 0.25) is 0 Å². The van der Waals surface area contributed by atoms with Crippen LogP contribution in [0.25, 0.3) is 0 Å². The lowest BCUT2D eigenvalue weighted by molar-refractivity contribution is -0.128. The maximum Gasteiger partial charge on any atom is 0.229 e. The third-order valence-electron chi connectivity index (χ3n) is 5.14. The summed E-state index contributed by atoms with van der Waals surface area (Å²) in [5, 5.41) is 2.85. The molecule has 2 unspecified atom stereocenters. The second-order valence-electron chi connectivity index (χ2n) is 6.70. The lowest BCUT2D eigenvalue weighted by Gasteiger charge is -2.27. The molecule has 2 atom stereocenters. The van der Waals surface area contributed by atoms with Crippen LogP contribution >= 0.6 is 24.8 Å². The normalized spacial score (nSPS) is 22.7. The lowest BCUT2D eigenvalue weighted by Crippen LogP contribution is -2.41. The van der Waals surface area contributed by atoms with E-state index in [1.807, 2.05) is 17.0 Å². The molecule has 6 nitrogen and oxygen atoms in total. The molecule has 26 heavy (non-hydrogen) atoms. The Morgan fingerprint density at radius 2 is 2.04 bits per heavy atom. The number of nitrogens with zero attached hydrogens (tertiary/aromatic N) is 2. The summed E-state index contributed by atoms with van der Waals surface area (Å²) >= 11 is 0. The van der Waals surface area contributed by atoms with E-state index in [4.69, 9.17) is 5.73 Å². The smallest absolute Gasteiger partial charge is 0.229 e. The van der Waals surface area contributed by atoms with E-state index in [0.717, 1.165) is 26.1 Å². The highest BCUT2D eigenvalue weighted by atomic mass is 35.5. The van der Waals surface area contributed by atoms with E-state index in [2.05, 4.69) is 17.1 Å². The number of anilines is 2. The van der Waals surface area contributed by atoms with Crippen LogP contribution in [0, 0.1) is 5.92 Å². The highest BCUT2D eigenvalue weighted by molar-refractivity contribution is 5.99. The molecule has 0 radical (unpaired) electrons. The number of hydrogen-bond acceptors (Lipinski definition) is 4. The van der Waals surface area contributed by atoms with Crippen LogP contribution in [0.15, 0.2) is 24.3 Å². The van der Waals surface area contributed by atoms with Gasteiger partial charge >= 0.3 is 0 Å². The Balaban J connectivity index is 0.00000169. The van der Waals surface area contributed by atoms with Crippen molar-refractivity contribution in [1.29, 1.82) is 0 Å². The van der Waals surface area contributed by atoms with Crippen molar-refractivity contribution in [3.63, 3.8) is 0 Å². The fraction of sp³-hybridized carbons (Fsp3) is 0.556. The number of para-hydroxylation sites is 2. The summed E-state index contributed by atoms with van der Waals surface area (Å²) in [6.45, 7) is 5.53. The quantitative estimate of drug-likeness (QED) is 0.740. The van der Waals surface area contributed by atoms with Crippen molar-refractivity contribution in [1.82, 2.24) is 9.80 Å². The zero-order valence-electron chi connectivity index (χ0n) is 15.0. The predicted molar refractivity (Wildman–Crippen MR) is 109 cm³/mol. The zero-order chi connectivity index (χ0) is 17.1. The monoisotopic (exact) mass is 402 g/mol. The standard InChI is InChI=1S/C18H26N4O2.2ClH/c1-2-21-9-5-6-14(21)12-22-11-13(10-17(22)23)18(24)20-16-8-4-3-7-15(16)19;;/h3-4,7-8,13-14H,2,5-6,9-12,19H2,1H3,(H,20,24);2*1H. The van der Waals surface area contributed by atoms with E-state index < -0.39 is 0 Å². The van der Waals surface area contributed by atoms with Gasteiger partial charge in [-0.2, -0.15) is 0 Å². The third-order valence-corrected chi connectivity index (χ3v) is 5.14. The number of nitrogens with one attached hydrogen (secondary N) is 1. The maximum absolute atomic E-state index is 12.5. The van der Waals surface area contributed by atoms with Crippen LogP contribution in [0.1, 0.15) is 26.2 Å². The molecule has 0 bridgehead atoms. The summed E-state index contributed by atoms with van der Waals surface area (Å²) in [6.07, 6.45) is 2.62. The summed E-state index contributed by atoms with van der Waals surface area (Å²) in [5.41, 5.74) is 7.01. The van der Waals surface area contributed by atoms with Gasteiger partial charge < -0.3 is 16.0 Å². The molecule has 146 valence electrons. The topological polar surface area (TPSA) is 78.7 Å². The van der Waals surface area contributed by atoms with Gasteiger partial charge in [0.15, 0.2) is 0 Å². The SMILES string of the molecule is CCN1CCCC1CN1CC(C(=O)Nc2ccccc2N)CC1=O.Cl.Cl. The summed E-state index contributed by atoms with van der Waals surface area (Å²) in [6, 6.07) is 7.62. The Bertz CT molecular complexity index is 629. The number of likely N-dealkylation sites (N-methyl/N-ethyl adjacent to an activating group) is 1. The first-order chi connectivity index (χ1) is 11.6. The van der Waals surface area contributed by atoms with Crippen LogP contribution in [0.3, 0.4) is 0 Å². The van der Waals surface area contributed by atoms with Gasteiger partial charge in [-0.25, -0.2) is 0 Å². The van der Waals surface area contributed by atoms with Gasteiger partial charge in [0, 0.05) is 25.6 Å². The minimum atomic E-state index is -0.298. The number of rotatable bonds is 5. The van der Waals surface area contributed by atoms with E-state index >= 15 is 0 Å². The van der Waals surface area contributed by atoms with Gasteiger partial charge in [-0.1, -0.05) is 19.1 Å². The van der Waals surface area contributed by atoms with E-state index in [0.29, 0.717) is 24.0 Å². The molecule has 0 aliphatic carbocycles. The average Bonchev–Trinajstić information content (AvgIpc) is 3.17. The van der Waals surface area contributed by atoms with Crippen LogP contribution < -0.4 is 11.1 Å². The van der Waals surface area contributed by atoms with Gasteiger partial charge in [-0.3, -0.25) is 14.5 Å². The Hall–Kier alpha value is -1.50. The second-order valence-corrected chi connectivity index (χ2v) is 6.70. The summed E-state index contributed by atoms with van der Waals surface area (Å²) < 4.78 is 0. The van der Waals surface area contributed by atoms with Crippen molar-refractivity contribution in [2.24, 2.45) is 5.92 Å². The number of halogens is 2. The minimum absolute atomic E-state index is 0. The minimum Gasteiger partial charge on any atom is -0.397 e. The molecule has 2 amide bonds. The third kappa shape index (κ3) is 5.02. The van der Waals surface area contributed by atoms with E-state index in [1.165, 1.54) is 6.42 Å². The number of carbonyl (C=O) groups is 2. The number of carbonyl (C=O) groups excluding carboxylic acids is 2. The number of likely N-dealkylation sites (tertiary alicyclic amines) is 2. The molecule has 2 saturated heterocycles. The molecule has 2 fully saturated rings. The summed E-state index contributed by atoms with van der Waals surface area (Å²) in [5.74, 6) is -0.338. The molecular formula is C18H28Cl2N4O2. The molecule has 1 aromatic rings. The zero-order valence-corrected chi connectivity index (χ0v) is 16.7. The molecule has 0 saturated carbocycles. The number of hydrogen-bond donors (Lipinski definition) is 2. The summed E-state index contributed by atoms with van der Waals surface area (Å²) in [4.78, 5) is 29.0. The van der Waals surface area contributed by atoms with Crippen molar-refractivity contribution in [2.75, 3.05) is 37.2 Å². The Morgan fingerprint density at radius 1 is 1.31 bits per heavy atom. The second kappa shape index (κ2) is 10.00. The molecule has 2 aliphatic heterocycles. The Kier molecular flexibility index (Phi) is 8.67. The molecule has 2 aliphatic rings. The molecule has 0 spiro atoms. The number of benzene rings is 1. The molecule has 3 N–H and O–H groups in total. The highest BCUT2D eigenvalue weighted by Gasteiger charge is 2.36. The lowest BCUT2D eigenvalue weighted by atomic mass is 10.1. The van der Waals surface area contributed by atoms with Gasteiger partial charge in [-0.05, 0) is 38.1 Å². The van der Waals surface area contributed by atoms with Gasteiger partial charge in [0.25, 0.3) is 0 Å². The summed E-state index contributed by atoms with van der Waals surface area (Å²) in [7, 11) is 0. The maximum atomic E-state index is 12.5. The van der Waals surface area contributed by atoms with Crippen molar-refractivity contribution < 1.29 is 9.59 Å². The van der Waals surface area contributed by atoms with Crippen molar-refractivity contribution in [2.45, 2.75) is 32.2 Å². The van der Waals surface area contributed by atoms with Crippen molar-refractivity contribution in [3.8, 4) is 0 Å². The van der Waals surface area contributed by atoms with Gasteiger partial charge in [0.2, 0.25) is 11.8 Å². The Labute approximate surface area is 167 Å². The fourth-order valence-electron chi connectivity index (χ4n) is 3.74. The first-order valence-electron chi connectivity index (χ1n) is 8.75. The van der Waals surface area contributed by atoms with Crippen molar-refractivity contribution in [3.05, 3.63) is 24.3 Å².